The molecule has 2 aliphatic carbocycles. The highest BCUT2D eigenvalue weighted by Gasteiger charge is 2.27. The number of H-pyrrole nitrogens is 1. The fourth-order valence-corrected chi connectivity index (χ4v) is 3.63. The monoisotopic (exact) mass is 332 g/mol. The summed E-state index contributed by atoms with van der Waals surface area (Å²) in [6.45, 7) is 0. The van der Waals surface area contributed by atoms with Crippen LogP contribution in [0.2, 0.25) is 0 Å². The zero-order chi connectivity index (χ0) is 15.6. The summed E-state index contributed by atoms with van der Waals surface area (Å²) in [5.74, 6) is 2.54. The largest absolute Gasteiger partial charge is 0.310 e. The molecule has 0 bridgehead atoms. The summed E-state index contributed by atoms with van der Waals surface area (Å²) in [5.41, 5.74) is 0. The zero-order valence-corrected chi connectivity index (χ0v) is 13.7. The molecule has 2 aromatic heterocycles. The molecule has 122 valence electrons. The number of aromatic nitrogens is 5. The maximum Gasteiger partial charge on any atom is 0.235 e. The van der Waals surface area contributed by atoms with Crippen LogP contribution in [0, 0.1) is 0 Å². The molecule has 23 heavy (non-hydrogen) atoms. The second-order valence-corrected chi connectivity index (χ2v) is 7.16. The molecule has 0 atom stereocenters. The predicted molar refractivity (Wildman–Crippen MR) is 87.4 cm³/mol. The minimum Gasteiger partial charge on any atom is -0.310 e. The smallest absolute Gasteiger partial charge is 0.235 e. The van der Waals surface area contributed by atoms with Gasteiger partial charge in [0.1, 0.15) is 11.6 Å². The molecule has 2 aliphatic rings. The highest BCUT2D eigenvalue weighted by atomic mass is 32.2. The van der Waals surface area contributed by atoms with E-state index in [0.29, 0.717) is 22.9 Å². The van der Waals surface area contributed by atoms with E-state index in [1.54, 1.807) is 6.20 Å². The quantitative estimate of drug-likeness (QED) is 0.794. The second-order valence-electron chi connectivity index (χ2n) is 6.21. The average Bonchev–Trinajstić information content (AvgIpc) is 2.99. The van der Waals surface area contributed by atoms with Crippen molar-refractivity contribution >= 4 is 23.5 Å². The van der Waals surface area contributed by atoms with Gasteiger partial charge in [0, 0.05) is 12.0 Å². The van der Waals surface area contributed by atoms with E-state index >= 15 is 0 Å². The van der Waals surface area contributed by atoms with Crippen molar-refractivity contribution in [3.05, 3.63) is 18.1 Å². The van der Waals surface area contributed by atoms with E-state index in [1.807, 2.05) is 10.7 Å². The van der Waals surface area contributed by atoms with Gasteiger partial charge in [0.05, 0.1) is 18.0 Å². The molecule has 0 spiro atoms. The van der Waals surface area contributed by atoms with Gasteiger partial charge < -0.3 is 5.32 Å². The van der Waals surface area contributed by atoms with E-state index in [9.17, 15) is 4.79 Å². The van der Waals surface area contributed by atoms with Crippen LogP contribution in [0.1, 0.15) is 56.3 Å². The Labute approximate surface area is 138 Å². The first-order chi connectivity index (χ1) is 11.3. The molecule has 0 aromatic carbocycles. The first kappa shape index (κ1) is 14.7. The van der Waals surface area contributed by atoms with E-state index in [4.69, 9.17) is 0 Å². The topological polar surface area (TPSA) is 88.5 Å². The van der Waals surface area contributed by atoms with Gasteiger partial charge in [-0.25, -0.2) is 9.67 Å². The van der Waals surface area contributed by atoms with Gasteiger partial charge >= 0.3 is 0 Å². The van der Waals surface area contributed by atoms with Crippen molar-refractivity contribution in [1.82, 2.24) is 25.0 Å². The van der Waals surface area contributed by atoms with E-state index in [2.05, 4.69) is 25.6 Å². The number of carbonyl (C=O) groups excluding carboxylic acids is 1. The fraction of sp³-hybridized carbons (Fsp3) is 0.600. The van der Waals surface area contributed by atoms with Gasteiger partial charge in [-0.1, -0.05) is 24.6 Å². The maximum atomic E-state index is 12.2. The van der Waals surface area contributed by atoms with Crippen LogP contribution in [-0.4, -0.2) is 36.6 Å². The molecular weight excluding hydrogens is 312 g/mol. The van der Waals surface area contributed by atoms with Crippen LogP contribution in [0.25, 0.3) is 0 Å². The van der Waals surface area contributed by atoms with Crippen molar-refractivity contribution in [2.75, 3.05) is 11.1 Å². The summed E-state index contributed by atoms with van der Waals surface area (Å²) >= 11 is 1.36. The second kappa shape index (κ2) is 6.35. The van der Waals surface area contributed by atoms with Crippen molar-refractivity contribution in [2.45, 2.75) is 55.6 Å². The van der Waals surface area contributed by atoms with Crippen LogP contribution < -0.4 is 5.32 Å². The molecule has 2 aromatic rings. The molecule has 7 nitrogen and oxygen atoms in total. The summed E-state index contributed by atoms with van der Waals surface area (Å²) in [6.07, 6.45) is 8.87. The van der Waals surface area contributed by atoms with E-state index in [0.717, 1.165) is 24.5 Å². The number of nitrogens with zero attached hydrogens (tertiary/aromatic N) is 4. The lowest BCUT2D eigenvalue weighted by Crippen LogP contribution is -2.19. The van der Waals surface area contributed by atoms with Crippen LogP contribution in [-0.2, 0) is 4.79 Å². The molecule has 0 radical (unpaired) electrons. The SMILES string of the molecule is O=C(CSc1n[nH]c(C2CC2)n1)Nc1ccnn1C1CCCC1. The van der Waals surface area contributed by atoms with Crippen LogP contribution in [0.4, 0.5) is 5.82 Å². The number of carbonyl (C=O) groups is 1. The molecule has 0 unspecified atom stereocenters. The van der Waals surface area contributed by atoms with Crippen LogP contribution >= 0.6 is 11.8 Å². The van der Waals surface area contributed by atoms with Crippen molar-refractivity contribution in [3.8, 4) is 0 Å². The van der Waals surface area contributed by atoms with Crippen molar-refractivity contribution < 1.29 is 4.79 Å². The van der Waals surface area contributed by atoms with Crippen molar-refractivity contribution in [2.24, 2.45) is 0 Å². The summed E-state index contributed by atoms with van der Waals surface area (Å²) in [4.78, 5) is 16.6. The van der Waals surface area contributed by atoms with Crippen LogP contribution in [0.15, 0.2) is 17.4 Å². The Bertz CT molecular complexity index is 686. The number of thioether (sulfide) groups is 1. The molecule has 2 heterocycles. The number of anilines is 1. The number of rotatable bonds is 6. The lowest BCUT2D eigenvalue weighted by Gasteiger charge is -2.14. The van der Waals surface area contributed by atoms with Gasteiger partial charge in [-0.3, -0.25) is 9.89 Å². The van der Waals surface area contributed by atoms with Crippen LogP contribution in [0.3, 0.4) is 0 Å². The highest BCUT2D eigenvalue weighted by Crippen LogP contribution is 2.38. The molecule has 2 saturated carbocycles. The predicted octanol–water partition coefficient (Wildman–Crippen LogP) is 2.72. The number of amides is 1. The third kappa shape index (κ3) is 3.41. The molecule has 0 saturated heterocycles. The Morgan fingerprint density at radius 3 is 2.96 bits per heavy atom. The van der Waals surface area contributed by atoms with Crippen molar-refractivity contribution in [1.29, 1.82) is 0 Å². The van der Waals surface area contributed by atoms with Gasteiger partial charge in [0.25, 0.3) is 0 Å². The Hall–Kier alpha value is -1.83. The summed E-state index contributed by atoms with van der Waals surface area (Å²) in [6, 6.07) is 2.28. The summed E-state index contributed by atoms with van der Waals surface area (Å²) in [7, 11) is 0. The Kier molecular flexibility index (Phi) is 4.07. The minimum atomic E-state index is -0.0486. The Morgan fingerprint density at radius 1 is 1.35 bits per heavy atom. The maximum absolute atomic E-state index is 12.2. The molecule has 2 N–H and O–H groups in total. The molecule has 1 amide bonds. The van der Waals surface area contributed by atoms with E-state index < -0.39 is 0 Å². The zero-order valence-electron chi connectivity index (χ0n) is 12.9. The molecule has 0 aliphatic heterocycles. The number of aromatic amines is 1. The first-order valence-corrected chi connectivity index (χ1v) is 9.16. The standard InChI is InChI=1S/C15H20N6OS/c22-13(9-23-15-18-14(19-20-15)10-5-6-10)17-12-7-8-16-21(12)11-3-1-2-4-11/h7-8,10-11H,1-6,9H2,(H,17,22)(H,18,19,20). The number of nitrogens with one attached hydrogen (secondary N) is 2. The Morgan fingerprint density at radius 2 is 2.17 bits per heavy atom. The number of hydrogen-bond acceptors (Lipinski definition) is 5. The molecule has 2 fully saturated rings. The highest BCUT2D eigenvalue weighted by molar-refractivity contribution is 7.99. The third-order valence-corrected chi connectivity index (χ3v) is 5.23. The number of hydrogen-bond donors (Lipinski definition) is 2. The van der Waals surface area contributed by atoms with Crippen molar-refractivity contribution in [3.63, 3.8) is 0 Å². The lowest BCUT2D eigenvalue weighted by atomic mass is 10.2. The van der Waals surface area contributed by atoms with E-state index in [-0.39, 0.29) is 5.91 Å². The molecule has 8 heteroatoms. The van der Waals surface area contributed by atoms with Gasteiger partial charge in [0.2, 0.25) is 11.1 Å². The molecular formula is C15H20N6OS. The molecule has 4 rings (SSSR count). The Balaban J connectivity index is 1.32. The van der Waals surface area contributed by atoms with Crippen LogP contribution in [0.5, 0.6) is 0 Å². The van der Waals surface area contributed by atoms with Gasteiger partial charge in [-0.2, -0.15) is 5.10 Å². The average molecular weight is 332 g/mol. The minimum absolute atomic E-state index is 0.0486. The van der Waals surface area contributed by atoms with Gasteiger partial charge in [0.15, 0.2) is 0 Å². The summed E-state index contributed by atoms with van der Waals surface area (Å²) < 4.78 is 1.95. The van der Waals surface area contributed by atoms with E-state index in [1.165, 1.54) is 37.4 Å². The van der Waals surface area contributed by atoms with Gasteiger partial charge in [-0.05, 0) is 25.7 Å². The first-order valence-electron chi connectivity index (χ1n) is 8.18. The lowest BCUT2D eigenvalue weighted by molar-refractivity contribution is -0.113. The normalized spacial score (nSPS) is 18.4. The third-order valence-electron chi connectivity index (χ3n) is 4.39. The fourth-order valence-electron chi connectivity index (χ4n) is 3.02. The van der Waals surface area contributed by atoms with Gasteiger partial charge in [-0.15, -0.1) is 5.10 Å². The summed E-state index contributed by atoms with van der Waals surface area (Å²) in [5, 5.41) is 15.1.